The Bertz CT molecular complexity index is 602. The van der Waals surface area contributed by atoms with E-state index in [4.69, 9.17) is 0 Å². The van der Waals surface area contributed by atoms with Gasteiger partial charge in [-0.15, -0.1) is 0 Å². The number of nitrogens with zero attached hydrogens (tertiary/aromatic N) is 1. The lowest BCUT2D eigenvalue weighted by Gasteiger charge is -2.17. The average Bonchev–Trinajstić information content (AvgIpc) is 2.47. The highest BCUT2D eigenvalue weighted by Crippen LogP contribution is 2.17. The molecule has 2 rings (SSSR count). The van der Waals surface area contributed by atoms with Crippen LogP contribution in [-0.2, 0) is 6.42 Å². The lowest BCUT2D eigenvalue weighted by Crippen LogP contribution is -2.26. The van der Waals surface area contributed by atoms with Crippen molar-refractivity contribution in [2.45, 2.75) is 20.3 Å². The second-order valence-corrected chi connectivity index (χ2v) is 5.64. The van der Waals surface area contributed by atoms with Crippen LogP contribution in [0.15, 0.2) is 48.5 Å². The van der Waals surface area contributed by atoms with Crippen molar-refractivity contribution in [2.24, 2.45) is 5.92 Å². The maximum atomic E-state index is 12.9. The molecule has 0 spiro atoms. The quantitative estimate of drug-likeness (QED) is 0.820. The lowest BCUT2D eigenvalue weighted by molar-refractivity contribution is 0.0993. The van der Waals surface area contributed by atoms with Crippen LogP contribution in [-0.4, -0.2) is 13.0 Å². The number of hydrogen-bond acceptors (Lipinski definition) is 1. The van der Waals surface area contributed by atoms with Crippen LogP contribution in [0.2, 0.25) is 0 Å². The van der Waals surface area contributed by atoms with E-state index in [0.29, 0.717) is 17.2 Å². The first-order chi connectivity index (χ1) is 9.97. The van der Waals surface area contributed by atoms with Crippen LogP contribution in [0.3, 0.4) is 0 Å². The summed E-state index contributed by atoms with van der Waals surface area (Å²) in [6, 6.07) is 13.6. The minimum Gasteiger partial charge on any atom is -0.311 e. The van der Waals surface area contributed by atoms with Crippen molar-refractivity contribution >= 4 is 11.6 Å². The Labute approximate surface area is 125 Å². The van der Waals surface area contributed by atoms with Gasteiger partial charge < -0.3 is 4.90 Å². The number of carbonyl (C=O) groups is 1. The molecule has 0 aliphatic rings. The summed E-state index contributed by atoms with van der Waals surface area (Å²) in [6.07, 6.45) is 1.00. The number of rotatable bonds is 4. The van der Waals surface area contributed by atoms with Crippen molar-refractivity contribution in [3.05, 3.63) is 65.5 Å². The second kappa shape index (κ2) is 6.53. The molecule has 2 aromatic carbocycles. The molecule has 0 unspecified atom stereocenters. The third kappa shape index (κ3) is 3.91. The fraction of sp³-hybridized carbons (Fsp3) is 0.278. The minimum absolute atomic E-state index is 0.0993. The molecule has 0 bridgehead atoms. The van der Waals surface area contributed by atoms with Gasteiger partial charge in [-0.2, -0.15) is 0 Å². The summed E-state index contributed by atoms with van der Waals surface area (Å²) >= 11 is 0. The molecule has 0 radical (unpaired) electrons. The molecule has 2 nitrogen and oxygen atoms in total. The fourth-order valence-corrected chi connectivity index (χ4v) is 2.23. The molecule has 0 N–H and O–H groups in total. The van der Waals surface area contributed by atoms with E-state index < -0.39 is 0 Å². The Kier molecular flexibility index (Phi) is 4.73. The summed E-state index contributed by atoms with van der Waals surface area (Å²) in [5.74, 6) is 0.184. The topological polar surface area (TPSA) is 20.3 Å². The maximum absolute atomic E-state index is 12.9. The highest BCUT2D eigenvalue weighted by atomic mass is 19.1. The molecule has 1 amide bonds. The van der Waals surface area contributed by atoms with Crippen LogP contribution in [0, 0.1) is 11.7 Å². The third-order valence-electron chi connectivity index (χ3n) is 3.36. The molecule has 110 valence electrons. The number of amides is 1. The Hall–Kier alpha value is -2.16. The minimum atomic E-state index is -0.308. The highest BCUT2D eigenvalue weighted by molar-refractivity contribution is 6.05. The SMILES string of the molecule is CC(C)Cc1ccc(C(=O)N(C)c2ccc(F)cc2)cc1. The van der Waals surface area contributed by atoms with E-state index >= 15 is 0 Å². The fourth-order valence-electron chi connectivity index (χ4n) is 2.23. The van der Waals surface area contributed by atoms with Gasteiger partial charge in [0.15, 0.2) is 0 Å². The molecule has 0 aliphatic carbocycles. The normalized spacial score (nSPS) is 10.7. The van der Waals surface area contributed by atoms with Gasteiger partial charge in [-0.1, -0.05) is 26.0 Å². The van der Waals surface area contributed by atoms with Crippen LogP contribution >= 0.6 is 0 Å². The van der Waals surface area contributed by atoms with Crippen LogP contribution in [0.25, 0.3) is 0 Å². The summed E-state index contributed by atoms with van der Waals surface area (Å²) in [6.45, 7) is 4.34. The molecule has 2 aromatic rings. The smallest absolute Gasteiger partial charge is 0.258 e. The molecule has 0 saturated carbocycles. The van der Waals surface area contributed by atoms with Crippen LogP contribution in [0.5, 0.6) is 0 Å². The van der Waals surface area contributed by atoms with Gasteiger partial charge >= 0.3 is 0 Å². The summed E-state index contributed by atoms with van der Waals surface area (Å²) in [5.41, 5.74) is 2.54. The van der Waals surface area contributed by atoms with E-state index in [1.54, 1.807) is 19.2 Å². The van der Waals surface area contributed by atoms with E-state index in [1.807, 2.05) is 24.3 Å². The number of anilines is 1. The second-order valence-electron chi connectivity index (χ2n) is 5.64. The van der Waals surface area contributed by atoms with Gasteiger partial charge in [0.25, 0.3) is 5.91 Å². The lowest BCUT2D eigenvalue weighted by atomic mass is 10.0. The van der Waals surface area contributed by atoms with Crippen LogP contribution < -0.4 is 4.90 Å². The van der Waals surface area contributed by atoms with Crippen molar-refractivity contribution in [3.63, 3.8) is 0 Å². The van der Waals surface area contributed by atoms with Gasteiger partial charge in [-0.05, 0) is 54.3 Å². The van der Waals surface area contributed by atoms with Crippen molar-refractivity contribution in [2.75, 3.05) is 11.9 Å². The summed E-state index contributed by atoms with van der Waals surface area (Å²) < 4.78 is 12.9. The molecule has 3 heteroatoms. The molecular formula is C18H20FNO. The van der Waals surface area contributed by atoms with Gasteiger partial charge in [0.05, 0.1) is 0 Å². The van der Waals surface area contributed by atoms with E-state index in [0.717, 1.165) is 6.42 Å². The Morgan fingerprint density at radius 3 is 2.14 bits per heavy atom. The molecule has 21 heavy (non-hydrogen) atoms. The molecule has 0 saturated heterocycles. The molecule has 0 heterocycles. The molecular weight excluding hydrogens is 265 g/mol. The first-order valence-electron chi connectivity index (χ1n) is 7.10. The van der Waals surface area contributed by atoms with E-state index in [2.05, 4.69) is 13.8 Å². The Morgan fingerprint density at radius 2 is 1.62 bits per heavy atom. The largest absolute Gasteiger partial charge is 0.311 e. The predicted octanol–water partition coefficient (Wildman–Crippen LogP) is 4.30. The first kappa shape index (κ1) is 15.2. The van der Waals surface area contributed by atoms with Crippen molar-refractivity contribution in [1.82, 2.24) is 0 Å². The number of hydrogen-bond donors (Lipinski definition) is 0. The van der Waals surface area contributed by atoms with Gasteiger partial charge in [0, 0.05) is 18.3 Å². The first-order valence-corrected chi connectivity index (χ1v) is 7.10. The van der Waals surface area contributed by atoms with E-state index in [1.165, 1.54) is 22.6 Å². The molecule has 0 fully saturated rings. The van der Waals surface area contributed by atoms with Gasteiger partial charge in [0.1, 0.15) is 5.82 Å². The monoisotopic (exact) mass is 285 g/mol. The zero-order valence-corrected chi connectivity index (χ0v) is 12.6. The zero-order valence-electron chi connectivity index (χ0n) is 12.6. The van der Waals surface area contributed by atoms with Gasteiger partial charge in [-0.3, -0.25) is 4.79 Å². The number of halogens is 1. The van der Waals surface area contributed by atoms with E-state index in [-0.39, 0.29) is 11.7 Å². The van der Waals surface area contributed by atoms with Crippen molar-refractivity contribution < 1.29 is 9.18 Å². The Morgan fingerprint density at radius 1 is 1.05 bits per heavy atom. The average molecular weight is 285 g/mol. The van der Waals surface area contributed by atoms with Gasteiger partial charge in [-0.25, -0.2) is 4.39 Å². The van der Waals surface area contributed by atoms with Crippen LogP contribution in [0.4, 0.5) is 10.1 Å². The zero-order chi connectivity index (χ0) is 15.4. The molecule has 0 atom stereocenters. The Balaban J connectivity index is 2.13. The number of benzene rings is 2. The van der Waals surface area contributed by atoms with Crippen molar-refractivity contribution in [3.8, 4) is 0 Å². The van der Waals surface area contributed by atoms with Gasteiger partial charge in [0.2, 0.25) is 0 Å². The molecule has 0 aromatic heterocycles. The maximum Gasteiger partial charge on any atom is 0.258 e. The predicted molar refractivity (Wildman–Crippen MR) is 84.1 cm³/mol. The number of carbonyl (C=O) groups excluding carboxylic acids is 1. The summed E-state index contributed by atoms with van der Waals surface area (Å²) in [4.78, 5) is 13.9. The van der Waals surface area contributed by atoms with E-state index in [9.17, 15) is 9.18 Å². The summed E-state index contributed by atoms with van der Waals surface area (Å²) in [5, 5.41) is 0. The van der Waals surface area contributed by atoms with Crippen LogP contribution in [0.1, 0.15) is 29.8 Å². The standard InChI is InChI=1S/C18H20FNO/c1-13(2)12-14-4-6-15(7-5-14)18(21)20(3)17-10-8-16(19)9-11-17/h4-11,13H,12H2,1-3H3. The van der Waals surface area contributed by atoms with Crippen molar-refractivity contribution in [1.29, 1.82) is 0 Å². The molecule has 0 aliphatic heterocycles. The third-order valence-corrected chi connectivity index (χ3v) is 3.36. The summed E-state index contributed by atoms with van der Waals surface area (Å²) in [7, 11) is 1.69. The highest BCUT2D eigenvalue weighted by Gasteiger charge is 2.13.